The zero-order valence-corrected chi connectivity index (χ0v) is 19.6. The Morgan fingerprint density at radius 3 is 2.06 bits per heavy atom. The summed E-state index contributed by atoms with van der Waals surface area (Å²) in [6.07, 6.45) is -15.8. The van der Waals surface area contributed by atoms with E-state index in [0.717, 1.165) is 0 Å². The van der Waals surface area contributed by atoms with Crippen molar-refractivity contribution < 1.29 is 70.1 Å². The molecule has 35 heavy (non-hydrogen) atoms. The fraction of sp³-hybridized carbons (Fsp3) is 0.952. The third-order valence-electron chi connectivity index (χ3n) is 5.74. The SMILES string of the molecule is CCCC(O)C(O)CCCC(=O)OCC1O[C@H](OC[C@@H](O)[C@@H](O)[C@H](O)C(O)CO)C(O)[C@@H](O)[C@@H]1O. The molecule has 208 valence electrons. The molecule has 1 aliphatic heterocycles. The van der Waals surface area contributed by atoms with Crippen molar-refractivity contribution in [2.24, 2.45) is 0 Å². The van der Waals surface area contributed by atoms with E-state index in [0.29, 0.717) is 12.8 Å². The molecule has 0 bridgehead atoms. The van der Waals surface area contributed by atoms with Gasteiger partial charge >= 0.3 is 5.97 Å². The van der Waals surface area contributed by atoms with Crippen molar-refractivity contribution in [3.8, 4) is 0 Å². The van der Waals surface area contributed by atoms with E-state index in [1.54, 1.807) is 0 Å². The molecule has 0 amide bonds. The van der Waals surface area contributed by atoms with E-state index in [-0.39, 0.29) is 19.3 Å². The second-order valence-electron chi connectivity index (χ2n) is 8.65. The van der Waals surface area contributed by atoms with Crippen LogP contribution in [0.3, 0.4) is 0 Å². The molecule has 0 spiro atoms. The van der Waals surface area contributed by atoms with E-state index in [4.69, 9.17) is 19.3 Å². The number of rotatable bonds is 16. The lowest BCUT2D eigenvalue weighted by molar-refractivity contribution is -0.307. The Morgan fingerprint density at radius 2 is 1.46 bits per heavy atom. The summed E-state index contributed by atoms with van der Waals surface area (Å²) in [6.45, 7) is -0.264. The molecule has 0 saturated carbocycles. The molecule has 0 aromatic rings. The molecule has 0 aliphatic carbocycles. The number of hydrogen-bond acceptors (Lipinski definition) is 14. The van der Waals surface area contributed by atoms with Crippen LogP contribution in [0.15, 0.2) is 0 Å². The molecule has 1 aliphatic rings. The molecule has 14 nitrogen and oxygen atoms in total. The third-order valence-corrected chi connectivity index (χ3v) is 5.74. The summed E-state index contributed by atoms with van der Waals surface area (Å²) < 4.78 is 15.5. The van der Waals surface area contributed by atoms with E-state index >= 15 is 0 Å². The summed E-state index contributed by atoms with van der Waals surface area (Å²) in [7, 11) is 0. The number of ether oxygens (including phenoxy) is 3. The highest BCUT2D eigenvalue weighted by Crippen LogP contribution is 2.23. The first-order valence-corrected chi connectivity index (χ1v) is 11.6. The van der Waals surface area contributed by atoms with Crippen molar-refractivity contribution in [2.45, 2.75) is 106 Å². The van der Waals surface area contributed by atoms with Crippen molar-refractivity contribution in [1.82, 2.24) is 0 Å². The van der Waals surface area contributed by atoms with Crippen molar-refractivity contribution >= 4 is 5.97 Å². The third kappa shape index (κ3) is 10.1. The quantitative estimate of drug-likeness (QED) is 0.0869. The number of carbonyl (C=O) groups is 1. The van der Waals surface area contributed by atoms with Crippen LogP contribution in [0.5, 0.6) is 0 Å². The summed E-state index contributed by atoms with van der Waals surface area (Å²) in [6, 6.07) is 0. The molecule has 14 heteroatoms. The van der Waals surface area contributed by atoms with Crippen molar-refractivity contribution in [2.75, 3.05) is 19.8 Å². The minimum atomic E-state index is -1.92. The maximum atomic E-state index is 12.0. The van der Waals surface area contributed by atoms with Crippen LogP contribution in [0, 0.1) is 0 Å². The molecule has 5 unspecified atom stereocenters. The summed E-state index contributed by atoms with van der Waals surface area (Å²) in [5, 5.41) is 97.2. The van der Waals surface area contributed by atoms with E-state index in [9.17, 15) is 50.8 Å². The largest absolute Gasteiger partial charge is 0.463 e. The zero-order chi connectivity index (χ0) is 26.7. The van der Waals surface area contributed by atoms with Crippen molar-refractivity contribution in [3.63, 3.8) is 0 Å². The predicted octanol–water partition coefficient (Wildman–Crippen LogP) is -4.52. The number of aliphatic hydroxyl groups is 10. The minimum Gasteiger partial charge on any atom is -0.463 e. The van der Waals surface area contributed by atoms with Gasteiger partial charge in [-0.25, -0.2) is 0 Å². The van der Waals surface area contributed by atoms with E-state index in [1.807, 2.05) is 6.92 Å². The lowest BCUT2D eigenvalue weighted by Gasteiger charge is -2.40. The zero-order valence-electron chi connectivity index (χ0n) is 19.6. The molecule has 1 rings (SSSR count). The number of aliphatic hydroxyl groups excluding tert-OH is 10. The average Bonchev–Trinajstić information content (AvgIpc) is 2.84. The van der Waals surface area contributed by atoms with Crippen LogP contribution in [0.1, 0.15) is 39.0 Å². The highest BCUT2D eigenvalue weighted by Gasteiger charge is 2.45. The smallest absolute Gasteiger partial charge is 0.305 e. The van der Waals surface area contributed by atoms with Crippen LogP contribution in [-0.2, 0) is 19.0 Å². The van der Waals surface area contributed by atoms with Gasteiger partial charge in [0.05, 0.1) is 25.4 Å². The second kappa shape index (κ2) is 16.0. The van der Waals surface area contributed by atoms with Gasteiger partial charge in [-0.1, -0.05) is 13.3 Å². The molecule has 10 N–H and O–H groups in total. The van der Waals surface area contributed by atoms with Crippen LogP contribution >= 0.6 is 0 Å². The van der Waals surface area contributed by atoms with Gasteiger partial charge in [0.15, 0.2) is 6.29 Å². The van der Waals surface area contributed by atoms with Crippen LogP contribution in [0.4, 0.5) is 0 Å². The van der Waals surface area contributed by atoms with Crippen LogP contribution in [-0.4, -0.2) is 144 Å². The predicted molar refractivity (Wildman–Crippen MR) is 115 cm³/mol. The van der Waals surface area contributed by atoms with Gasteiger partial charge in [0.1, 0.15) is 55.4 Å². The number of hydrogen-bond donors (Lipinski definition) is 10. The topological polar surface area (TPSA) is 247 Å². The van der Waals surface area contributed by atoms with Gasteiger partial charge in [0.2, 0.25) is 0 Å². The van der Waals surface area contributed by atoms with Gasteiger partial charge in [0.25, 0.3) is 0 Å². The standard InChI is InChI=1S/C21H40O14/c1-2-4-10(23)11(24)5-3-6-15(27)33-9-14-18(30)19(31)20(32)21(35-14)34-8-13(26)17(29)16(28)12(25)7-22/h10-14,16-26,28-32H,2-9H2,1H3/t10?,11?,12?,13-,14?,16-,17-,18-,19+,20?,21+/m1/s1. The van der Waals surface area contributed by atoms with Crippen molar-refractivity contribution in [3.05, 3.63) is 0 Å². The molecule has 0 aromatic carbocycles. The fourth-order valence-electron chi connectivity index (χ4n) is 3.43. The fourth-order valence-corrected chi connectivity index (χ4v) is 3.43. The monoisotopic (exact) mass is 516 g/mol. The summed E-state index contributed by atoms with van der Waals surface area (Å²) in [4.78, 5) is 12.0. The van der Waals surface area contributed by atoms with Crippen LogP contribution in [0.25, 0.3) is 0 Å². The highest BCUT2D eigenvalue weighted by atomic mass is 16.7. The van der Waals surface area contributed by atoms with Gasteiger partial charge < -0.3 is 65.3 Å². The van der Waals surface area contributed by atoms with Gasteiger partial charge in [-0.05, 0) is 19.3 Å². The summed E-state index contributed by atoms with van der Waals surface area (Å²) in [5.41, 5.74) is 0. The lowest BCUT2D eigenvalue weighted by Crippen LogP contribution is -2.60. The molecule has 1 saturated heterocycles. The molecule has 11 atom stereocenters. The summed E-state index contributed by atoms with van der Waals surface area (Å²) in [5.74, 6) is -0.689. The molecule has 0 radical (unpaired) electrons. The second-order valence-corrected chi connectivity index (χ2v) is 8.65. The lowest BCUT2D eigenvalue weighted by atomic mass is 9.99. The average molecular weight is 517 g/mol. The Morgan fingerprint density at radius 1 is 0.857 bits per heavy atom. The maximum absolute atomic E-state index is 12.0. The maximum Gasteiger partial charge on any atom is 0.305 e. The highest BCUT2D eigenvalue weighted by molar-refractivity contribution is 5.69. The summed E-state index contributed by atoms with van der Waals surface area (Å²) >= 11 is 0. The number of carbonyl (C=O) groups excluding carboxylic acids is 1. The number of esters is 1. The Bertz CT molecular complexity index is 594. The van der Waals surface area contributed by atoms with Crippen molar-refractivity contribution in [1.29, 1.82) is 0 Å². The van der Waals surface area contributed by atoms with Crippen LogP contribution in [0.2, 0.25) is 0 Å². The van der Waals surface area contributed by atoms with Gasteiger partial charge in [-0.2, -0.15) is 0 Å². The van der Waals surface area contributed by atoms with E-state index < -0.39 is 93.1 Å². The Kier molecular flexibility index (Phi) is 14.6. The van der Waals surface area contributed by atoms with Gasteiger partial charge in [0, 0.05) is 6.42 Å². The van der Waals surface area contributed by atoms with Gasteiger partial charge in [-0.3, -0.25) is 4.79 Å². The molecule has 0 aromatic heterocycles. The van der Waals surface area contributed by atoms with E-state index in [1.165, 1.54) is 0 Å². The normalized spacial score (nSPS) is 30.2. The Labute approximate surface area is 202 Å². The molecular weight excluding hydrogens is 476 g/mol. The molecule has 1 fully saturated rings. The minimum absolute atomic E-state index is 0.0874. The first kappa shape index (κ1) is 32.0. The first-order valence-electron chi connectivity index (χ1n) is 11.6. The van der Waals surface area contributed by atoms with Gasteiger partial charge in [-0.15, -0.1) is 0 Å². The Balaban J connectivity index is 2.52. The first-order chi connectivity index (χ1) is 16.4. The van der Waals surface area contributed by atoms with E-state index in [2.05, 4.69) is 0 Å². The molecular formula is C21H40O14. The molecule has 1 heterocycles. The Hall–Kier alpha value is -1.01. The van der Waals surface area contributed by atoms with Crippen LogP contribution < -0.4 is 0 Å².